The van der Waals surface area contributed by atoms with E-state index in [1.54, 1.807) is 6.20 Å². The molecule has 3 heteroatoms. The number of carboxylic acids is 1. The van der Waals surface area contributed by atoms with Gasteiger partial charge in [-0.2, -0.15) is 0 Å². The van der Waals surface area contributed by atoms with Crippen LogP contribution in [0.1, 0.15) is 6.92 Å². The molecule has 0 spiro atoms. The Morgan fingerprint density at radius 1 is 1.70 bits per heavy atom. The van der Waals surface area contributed by atoms with Gasteiger partial charge in [0.2, 0.25) is 0 Å². The highest BCUT2D eigenvalue weighted by molar-refractivity contribution is 5.82. The third-order valence-corrected chi connectivity index (χ3v) is 0.553. The molecule has 0 aliphatic rings. The maximum atomic E-state index is 9.49. The number of nitrogens with one attached hydrogen (secondary N) is 1. The number of rotatable bonds is 2. The lowest BCUT2D eigenvalue weighted by Crippen LogP contribution is -2.22. The van der Waals surface area contributed by atoms with Crippen molar-refractivity contribution in [3.05, 3.63) is 24.9 Å². The molecule has 0 unspecified atom stereocenters. The highest BCUT2D eigenvalue weighted by Gasteiger charge is 1.76. The summed E-state index contributed by atoms with van der Waals surface area (Å²) in [5.74, 6) is -1.19. The summed E-state index contributed by atoms with van der Waals surface area (Å²) in [6, 6.07) is 0. The number of carboxylic acid groups (broad SMARTS) is 1. The zero-order chi connectivity index (χ0) is 8.57. The van der Waals surface area contributed by atoms with Gasteiger partial charge in [-0.15, -0.1) is 0 Å². The van der Waals surface area contributed by atoms with Crippen LogP contribution in [0.2, 0.25) is 0 Å². The predicted octanol–water partition coefficient (Wildman–Crippen LogP) is -0.338. The zero-order valence-electron chi connectivity index (χ0n) is 6.31. The summed E-state index contributed by atoms with van der Waals surface area (Å²) >= 11 is 0. The Hall–Kier alpha value is -1.25. The number of carbonyl (C=O) groups excluding carboxylic acids is 1. The smallest absolute Gasteiger partial charge is 0.0666 e. The molecule has 1 N–H and O–H groups in total. The van der Waals surface area contributed by atoms with E-state index in [0.29, 0.717) is 0 Å². The van der Waals surface area contributed by atoms with E-state index in [4.69, 9.17) is 0 Å². The summed E-state index contributed by atoms with van der Waals surface area (Å²) in [6.45, 7) is 7.84. The molecular weight excluding hydrogens is 130 g/mol. The van der Waals surface area contributed by atoms with Crippen molar-refractivity contribution in [2.45, 2.75) is 6.92 Å². The second kappa shape index (κ2) is 7.75. The highest BCUT2D eigenvalue weighted by atomic mass is 16.4. The van der Waals surface area contributed by atoms with Gasteiger partial charge < -0.3 is 15.2 Å². The average Bonchev–Trinajstić information content (AvgIpc) is 1.89. The molecule has 0 radical (unpaired) electrons. The summed E-state index contributed by atoms with van der Waals surface area (Å²) in [6.07, 6.45) is 1.62. The van der Waals surface area contributed by atoms with Crippen molar-refractivity contribution in [2.24, 2.45) is 0 Å². The van der Waals surface area contributed by atoms with Gasteiger partial charge >= 0.3 is 0 Å². The molecule has 0 aromatic heterocycles. The third kappa shape index (κ3) is 15.9. The van der Waals surface area contributed by atoms with Crippen molar-refractivity contribution < 1.29 is 9.90 Å². The number of hydrogen-bond donors (Lipinski definition) is 1. The monoisotopic (exact) mass is 142 g/mol. The van der Waals surface area contributed by atoms with Crippen LogP contribution in [0.4, 0.5) is 0 Å². The topological polar surface area (TPSA) is 52.2 Å². The first-order valence-corrected chi connectivity index (χ1v) is 2.71. The number of hydrogen-bond acceptors (Lipinski definition) is 3. The Labute approximate surface area is 61.1 Å². The second-order valence-electron chi connectivity index (χ2n) is 1.56. The molecule has 0 heterocycles. The summed E-state index contributed by atoms with van der Waals surface area (Å²) in [4.78, 5) is 9.49. The first-order chi connectivity index (χ1) is 4.56. The van der Waals surface area contributed by atoms with E-state index in [0.717, 1.165) is 0 Å². The predicted molar refractivity (Wildman–Crippen MR) is 39.1 cm³/mol. The largest absolute Gasteiger partial charge is 0.545 e. The number of carbonyl (C=O) groups is 1. The minimum atomic E-state index is -1.19. The van der Waals surface area contributed by atoms with Crippen LogP contribution in [0, 0.1) is 0 Å². The van der Waals surface area contributed by atoms with Crippen molar-refractivity contribution in [3.8, 4) is 0 Å². The van der Waals surface area contributed by atoms with Gasteiger partial charge in [0.1, 0.15) is 0 Å². The van der Waals surface area contributed by atoms with Gasteiger partial charge in [-0.05, 0) is 18.7 Å². The summed E-state index contributed by atoms with van der Waals surface area (Å²) < 4.78 is 0. The molecule has 10 heavy (non-hydrogen) atoms. The standard InChI is InChI=1S/C4H6O2.C3H7N/c1-3(2)4(5)6;1-3-4-2/h1H2,2H3,(H,5,6);3-4H,1H2,2H3/p-1. The molecule has 0 aromatic carbocycles. The van der Waals surface area contributed by atoms with E-state index in [2.05, 4.69) is 18.5 Å². The van der Waals surface area contributed by atoms with E-state index >= 15 is 0 Å². The maximum absolute atomic E-state index is 9.49. The third-order valence-electron chi connectivity index (χ3n) is 0.553. The van der Waals surface area contributed by atoms with Crippen LogP contribution >= 0.6 is 0 Å². The summed E-state index contributed by atoms with van der Waals surface area (Å²) in [7, 11) is 1.81. The molecule has 0 bridgehead atoms. The van der Waals surface area contributed by atoms with Crippen molar-refractivity contribution in [2.75, 3.05) is 7.05 Å². The Morgan fingerprint density at radius 3 is 1.90 bits per heavy atom. The molecule has 0 saturated carbocycles. The van der Waals surface area contributed by atoms with E-state index < -0.39 is 5.97 Å². The van der Waals surface area contributed by atoms with E-state index in [-0.39, 0.29) is 5.57 Å². The normalized spacial score (nSPS) is 6.60. The highest BCUT2D eigenvalue weighted by Crippen LogP contribution is 1.77. The lowest BCUT2D eigenvalue weighted by Gasteiger charge is -1.93. The molecule has 3 nitrogen and oxygen atoms in total. The summed E-state index contributed by atoms with van der Waals surface area (Å²) in [5, 5.41) is 12.2. The zero-order valence-corrected chi connectivity index (χ0v) is 6.31. The van der Waals surface area contributed by atoms with Crippen LogP contribution in [0.25, 0.3) is 0 Å². The maximum Gasteiger partial charge on any atom is 0.0666 e. The van der Waals surface area contributed by atoms with Crippen molar-refractivity contribution >= 4 is 5.97 Å². The fraction of sp³-hybridized carbons (Fsp3) is 0.286. The molecule has 0 aliphatic carbocycles. The van der Waals surface area contributed by atoms with E-state index in [1.807, 2.05) is 7.05 Å². The molecule has 0 aromatic rings. The lowest BCUT2D eigenvalue weighted by atomic mass is 10.4. The molecule has 0 amide bonds. The van der Waals surface area contributed by atoms with Gasteiger partial charge in [-0.25, -0.2) is 0 Å². The molecule has 0 fully saturated rings. The molecule has 0 saturated heterocycles. The lowest BCUT2D eigenvalue weighted by molar-refractivity contribution is -0.299. The average molecular weight is 142 g/mol. The molecule has 0 rings (SSSR count). The van der Waals surface area contributed by atoms with Gasteiger partial charge in [0.15, 0.2) is 0 Å². The van der Waals surface area contributed by atoms with Gasteiger partial charge in [0.25, 0.3) is 0 Å². The van der Waals surface area contributed by atoms with Gasteiger partial charge in [0.05, 0.1) is 5.97 Å². The Morgan fingerprint density at radius 2 is 1.90 bits per heavy atom. The molecular formula is C7H12NO2-. The quantitative estimate of drug-likeness (QED) is 0.537. The van der Waals surface area contributed by atoms with Crippen molar-refractivity contribution in [1.82, 2.24) is 5.32 Å². The first kappa shape index (κ1) is 11.5. The molecule has 0 atom stereocenters. The van der Waals surface area contributed by atoms with Crippen LogP contribution in [-0.4, -0.2) is 13.0 Å². The fourth-order valence-electron chi connectivity index (χ4n) is 0. The Kier molecular flexibility index (Phi) is 8.94. The van der Waals surface area contributed by atoms with Gasteiger partial charge in [-0.3, -0.25) is 0 Å². The minimum absolute atomic E-state index is 0.0648. The van der Waals surface area contributed by atoms with Gasteiger partial charge in [-0.1, -0.05) is 13.2 Å². The van der Waals surface area contributed by atoms with Crippen LogP contribution < -0.4 is 10.4 Å². The Bertz CT molecular complexity index is 118. The first-order valence-electron chi connectivity index (χ1n) is 2.71. The second-order valence-corrected chi connectivity index (χ2v) is 1.56. The van der Waals surface area contributed by atoms with Crippen molar-refractivity contribution in [3.63, 3.8) is 0 Å². The van der Waals surface area contributed by atoms with E-state index in [9.17, 15) is 9.90 Å². The SMILES string of the molecule is C=C(C)C(=O)[O-].C=CNC. The van der Waals surface area contributed by atoms with Crippen LogP contribution in [0.3, 0.4) is 0 Å². The minimum Gasteiger partial charge on any atom is -0.545 e. The fourth-order valence-corrected chi connectivity index (χ4v) is 0. The van der Waals surface area contributed by atoms with Crippen molar-refractivity contribution in [1.29, 1.82) is 0 Å². The van der Waals surface area contributed by atoms with Crippen LogP contribution in [0.15, 0.2) is 24.9 Å². The molecule has 58 valence electrons. The van der Waals surface area contributed by atoms with Crippen LogP contribution in [0.5, 0.6) is 0 Å². The summed E-state index contributed by atoms with van der Waals surface area (Å²) in [5.41, 5.74) is 0.0648. The number of aliphatic carboxylic acids is 1. The van der Waals surface area contributed by atoms with E-state index in [1.165, 1.54) is 6.92 Å². The molecule has 0 aliphatic heterocycles. The van der Waals surface area contributed by atoms with Crippen LogP contribution in [-0.2, 0) is 4.79 Å². The Balaban J connectivity index is 0. The van der Waals surface area contributed by atoms with Gasteiger partial charge in [0, 0.05) is 7.05 Å².